The van der Waals surface area contributed by atoms with Crippen LogP contribution in [-0.2, 0) is 55.5 Å². The lowest BCUT2D eigenvalue weighted by Crippen LogP contribution is -2.46. The Labute approximate surface area is 392 Å². The Morgan fingerprint density at radius 3 is 2.15 bits per heavy atom. The highest BCUT2D eigenvalue weighted by molar-refractivity contribution is 8.13. The molecule has 0 saturated carbocycles. The maximum absolute atomic E-state index is 12.7. The minimum Gasteiger partial charge on any atom is -0.790 e. The van der Waals surface area contributed by atoms with Crippen LogP contribution in [0.2, 0.25) is 0 Å². The van der Waals surface area contributed by atoms with Gasteiger partial charge in [0.15, 0.2) is 22.8 Å². The second kappa shape index (κ2) is 27.6. The number of thioether (sulfide) groups is 1. The molecule has 3 unspecified atom stereocenters. The molecule has 0 aliphatic carbocycles. The van der Waals surface area contributed by atoms with Gasteiger partial charge in [-0.2, -0.15) is 0 Å². The highest BCUT2D eigenvalue weighted by Crippen LogP contribution is 2.56. The van der Waals surface area contributed by atoms with Crippen LogP contribution in [0.3, 0.4) is 0 Å². The quantitative estimate of drug-likeness (QED) is 0.0379. The van der Waals surface area contributed by atoms with Crippen molar-refractivity contribution in [3.8, 4) is 0 Å². The fourth-order valence-corrected chi connectivity index (χ4v) is 10.2. The van der Waals surface area contributed by atoms with Gasteiger partial charge in [-0.3, -0.25) is 32.9 Å². The first-order valence-electron chi connectivity index (χ1n) is 21.9. The number of imidazole rings is 1. The third-order valence-corrected chi connectivity index (χ3v) is 14.6. The zero-order chi connectivity index (χ0) is 50.0. The minimum absolute atomic E-state index is 0.0259. The molecule has 2 aromatic rings. The summed E-state index contributed by atoms with van der Waals surface area (Å²) in [5.74, 6) is -2.28. The van der Waals surface area contributed by atoms with Gasteiger partial charge in [-0.25, -0.2) is 19.3 Å². The number of Topliss-reactive ketones (excluding diaryl/α,β-unsaturated/α-hetero) is 1. The van der Waals surface area contributed by atoms with Crippen molar-refractivity contribution in [3.05, 3.63) is 12.7 Å². The molecule has 8 atom stereocenters. The summed E-state index contributed by atoms with van der Waals surface area (Å²) in [6.45, 7) is 3.71. The van der Waals surface area contributed by atoms with Gasteiger partial charge in [-0.1, -0.05) is 96.7 Å². The number of phosphoric acid groups is 3. The lowest BCUT2D eigenvalue weighted by Gasteiger charge is -2.36. The molecule has 29 heteroatoms. The number of nitrogens with zero attached hydrogens (tertiary/aromatic N) is 4. The summed E-state index contributed by atoms with van der Waals surface area (Å²) in [4.78, 5) is 110. The average molecular weight is 1030 g/mol. The number of anilines is 1. The van der Waals surface area contributed by atoms with E-state index in [9.17, 15) is 62.7 Å². The fraction of sp³-hybridized carbons (Fsp3) is 0.763. The van der Waals surface area contributed by atoms with Gasteiger partial charge in [0.05, 0.1) is 33.3 Å². The van der Waals surface area contributed by atoms with E-state index < -0.39 is 90.5 Å². The molecule has 67 heavy (non-hydrogen) atoms. The van der Waals surface area contributed by atoms with Gasteiger partial charge in [-0.15, -0.1) is 0 Å². The van der Waals surface area contributed by atoms with Crippen LogP contribution >= 0.6 is 35.2 Å². The summed E-state index contributed by atoms with van der Waals surface area (Å²) in [6.07, 6.45) is 5.37. The van der Waals surface area contributed by atoms with Crippen LogP contribution < -0.4 is 35.9 Å². The van der Waals surface area contributed by atoms with E-state index in [4.69, 9.17) is 10.5 Å². The summed E-state index contributed by atoms with van der Waals surface area (Å²) in [5.41, 5.74) is 4.05. The van der Waals surface area contributed by atoms with Gasteiger partial charge in [0.1, 0.15) is 42.0 Å². The number of ether oxygens (including phenoxy) is 1. The number of aliphatic hydroxyl groups is 2. The number of ketones is 1. The molecular formula is C38H62N7O18P3S-4. The van der Waals surface area contributed by atoms with Crippen LogP contribution in [0.1, 0.15) is 117 Å². The van der Waals surface area contributed by atoms with Gasteiger partial charge in [0.2, 0.25) is 11.8 Å². The van der Waals surface area contributed by atoms with Crippen molar-refractivity contribution in [1.29, 1.82) is 0 Å². The molecule has 0 aromatic carbocycles. The summed E-state index contributed by atoms with van der Waals surface area (Å²) in [7, 11) is -17.7. The van der Waals surface area contributed by atoms with Crippen molar-refractivity contribution in [2.45, 2.75) is 142 Å². The number of hydrogen-bond donors (Lipinski definition) is 5. The number of amides is 2. The van der Waals surface area contributed by atoms with Crippen molar-refractivity contribution in [2.75, 3.05) is 37.8 Å². The third-order valence-electron chi connectivity index (χ3n) is 10.6. The maximum atomic E-state index is 12.7. The molecule has 25 nitrogen and oxygen atoms in total. The van der Waals surface area contributed by atoms with E-state index in [0.717, 1.165) is 54.7 Å². The second-order valence-electron chi connectivity index (χ2n) is 16.6. The number of phosphoric ester groups is 3. The number of nitrogen functional groups attached to an aromatic ring is 1. The Morgan fingerprint density at radius 1 is 0.910 bits per heavy atom. The monoisotopic (exact) mass is 1030 g/mol. The Morgan fingerprint density at radius 2 is 1.52 bits per heavy atom. The van der Waals surface area contributed by atoms with E-state index in [2.05, 4.69) is 50.4 Å². The number of unbranched alkanes of at least 4 members (excludes halogenated alkanes) is 10. The fourth-order valence-electron chi connectivity index (χ4n) is 6.70. The van der Waals surface area contributed by atoms with E-state index in [-0.39, 0.29) is 53.1 Å². The predicted molar refractivity (Wildman–Crippen MR) is 233 cm³/mol. The number of nitrogens with two attached hydrogens (primary N) is 1. The van der Waals surface area contributed by atoms with Crippen LogP contribution in [-0.4, -0.2) is 109 Å². The number of nitrogens with one attached hydrogen (secondary N) is 2. The van der Waals surface area contributed by atoms with E-state index in [1.807, 2.05) is 0 Å². The molecule has 2 amide bonds. The van der Waals surface area contributed by atoms with Gasteiger partial charge in [0, 0.05) is 37.1 Å². The van der Waals surface area contributed by atoms with Crippen LogP contribution in [0, 0.1) is 11.3 Å². The number of hydrogen-bond acceptors (Lipinski definition) is 23. The normalized spacial score (nSPS) is 20.5. The van der Waals surface area contributed by atoms with Crippen molar-refractivity contribution < 1.29 is 85.3 Å². The molecule has 0 radical (unpaired) electrons. The summed E-state index contributed by atoms with van der Waals surface area (Å²) >= 11 is 0.934. The van der Waals surface area contributed by atoms with Crippen LogP contribution in [0.5, 0.6) is 0 Å². The van der Waals surface area contributed by atoms with Crippen LogP contribution in [0.15, 0.2) is 12.7 Å². The number of carbonyl (C=O) groups is 4. The molecule has 0 spiro atoms. The highest BCUT2D eigenvalue weighted by Gasteiger charge is 2.47. The maximum Gasteiger partial charge on any atom is 0.274 e. The van der Waals surface area contributed by atoms with Crippen molar-refractivity contribution in [2.24, 2.45) is 11.3 Å². The van der Waals surface area contributed by atoms with E-state index >= 15 is 0 Å². The number of aromatic nitrogens is 4. The molecule has 1 fully saturated rings. The number of fused-ring (bicyclic) bond motifs is 1. The number of carbonyl (C=O) groups excluding carboxylic acids is 4. The lowest BCUT2D eigenvalue weighted by molar-refractivity contribution is -0.347. The largest absolute Gasteiger partial charge is 0.790 e. The van der Waals surface area contributed by atoms with Crippen LogP contribution in [0.4, 0.5) is 5.82 Å². The minimum atomic E-state index is -5.93. The first kappa shape index (κ1) is 58.5. The Kier molecular flexibility index (Phi) is 24.1. The van der Waals surface area contributed by atoms with Gasteiger partial charge < -0.3 is 69.0 Å². The summed E-state index contributed by atoms with van der Waals surface area (Å²) < 4.78 is 60.8. The molecule has 1 saturated heterocycles. The molecule has 3 rings (SSSR count). The molecule has 1 aliphatic heterocycles. The molecule has 0 bridgehead atoms. The van der Waals surface area contributed by atoms with Gasteiger partial charge in [0.25, 0.3) is 15.6 Å². The molecule has 1 aliphatic rings. The zero-order valence-corrected chi connectivity index (χ0v) is 41.4. The Hall–Kier alpha value is -2.77. The first-order valence-corrected chi connectivity index (χ1v) is 27.3. The summed E-state index contributed by atoms with van der Waals surface area (Å²) in [6, 6.07) is 0. The molecule has 3 heterocycles. The SMILES string of the molecule is CCCCCCCCCCCCCC(=O)C(C)C(=O)SCCNC(=O)CCNC(=O)[C@H](O)C(C)(C)COP(=O)([O-])OP(=O)([O-])OC[C@H]1O[C@@H](n2cnc3c(N)ncnc32)[C@H](O)[C@@H]1OP(=O)([O-])[O-]. The smallest absolute Gasteiger partial charge is 0.274 e. The van der Waals surface area contributed by atoms with Crippen molar-refractivity contribution in [3.63, 3.8) is 0 Å². The van der Waals surface area contributed by atoms with Crippen molar-refractivity contribution >= 4 is 74.9 Å². The molecule has 6 N–H and O–H groups in total. The Balaban J connectivity index is 1.35. The van der Waals surface area contributed by atoms with E-state index in [0.29, 0.717) is 6.42 Å². The first-order chi connectivity index (χ1) is 31.4. The molecular weight excluding hydrogens is 967 g/mol. The molecule has 2 aromatic heterocycles. The average Bonchev–Trinajstić information content (AvgIpc) is 3.81. The van der Waals surface area contributed by atoms with Gasteiger partial charge >= 0.3 is 0 Å². The topological polar surface area (TPSA) is 392 Å². The third kappa shape index (κ3) is 20.2. The zero-order valence-electron chi connectivity index (χ0n) is 37.9. The predicted octanol–water partition coefficient (Wildman–Crippen LogP) is 1.04. The highest BCUT2D eigenvalue weighted by atomic mass is 32.2. The van der Waals surface area contributed by atoms with E-state index in [1.165, 1.54) is 58.8 Å². The Bertz CT molecular complexity index is 2080. The standard InChI is InChI=1S/C38H66N7O18P3S/c1-5-6-7-8-9-10-11-12-13-14-15-16-26(46)25(2)37(51)67-20-19-40-28(47)17-18-41-35(50)32(49)38(3,4)22-60-66(57,58)63-65(55,56)59-21-27-31(62-64(52,53)54)30(48)36(61-27)45-24-44-29-33(39)42-23-43-34(29)45/h23-25,27,30-32,36,48-49H,5-22H2,1-4H3,(H,40,47)(H,41,50)(H,55,56)(H,57,58)(H2,39,42,43)(H2,52,53,54)/p-4/t25?,27-,30-,31-,32+,36-/m1/s1. The number of rotatable bonds is 33. The lowest BCUT2D eigenvalue weighted by atomic mass is 9.87. The van der Waals surface area contributed by atoms with Crippen molar-refractivity contribution in [1.82, 2.24) is 30.2 Å². The van der Waals surface area contributed by atoms with E-state index in [1.54, 1.807) is 6.92 Å². The van der Waals surface area contributed by atoms with Crippen LogP contribution in [0.25, 0.3) is 11.2 Å². The van der Waals surface area contributed by atoms with Gasteiger partial charge in [-0.05, 0) is 13.3 Å². The summed E-state index contributed by atoms with van der Waals surface area (Å²) in [5, 5.41) is 26.1. The molecule has 382 valence electrons. The number of aliphatic hydroxyl groups excluding tert-OH is 2. The second-order valence-corrected chi connectivity index (χ2v) is 21.8.